The molecule has 1 aromatic carbocycles. The lowest BCUT2D eigenvalue weighted by Crippen LogP contribution is -2.14. The second-order valence-corrected chi connectivity index (χ2v) is 11.0. The van der Waals surface area contributed by atoms with Crippen molar-refractivity contribution in [2.45, 2.75) is 71.3 Å². The van der Waals surface area contributed by atoms with Gasteiger partial charge in [-0.1, -0.05) is 44.0 Å². The van der Waals surface area contributed by atoms with Crippen LogP contribution in [0.2, 0.25) is 0 Å². The molecule has 1 aliphatic rings. The Morgan fingerprint density at radius 3 is 2.76 bits per heavy atom. The molecule has 41 heavy (non-hydrogen) atoms. The second-order valence-electron chi connectivity index (χ2n) is 10.2. The molecule has 1 atom stereocenters. The molecule has 3 heterocycles. The average molecular weight is 581 g/mol. The van der Waals surface area contributed by atoms with E-state index >= 15 is 0 Å². The van der Waals surface area contributed by atoms with Gasteiger partial charge in [0.05, 0.1) is 33.1 Å². The normalized spacial score (nSPS) is 17.1. The fraction of sp³-hybridized carbons (Fsp3) is 0.500. The molecule has 4 rings (SSSR count). The number of benzene rings is 1. The summed E-state index contributed by atoms with van der Waals surface area (Å²) < 4.78 is 24.3. The van der Waals surface area contributed by atoms with Gasteiger partial charge in [-0.2, -0.15) is 0 Å². The first-order valence-electron chi connectivity index (χ1n) is 14.6. The van der Waals surface area contributed by atoms with Crippen molar-refractivity contribution in [3.05, 3.63) is 59.7 Å². The maximum absolute atomic E-state index is 6.20. The summed E-state index contributed by atoms with van der Waals surface area (Å²) >= 11 is 1.43. The number of imidazole rings is 1. The highest BCUT2D eigenvalue weighted by atomic mass is 32.2. The fourth-order valence-electron chi connectivity index (χ4n) is 5.00. The van der Waals surface area contributed by atoms with E-state index in [1.54, 1.807) is 25.2 Å². The molecule has 0 radical (unpaired) electrons. The molecule has 0 spiro atoms. The Labute approximate surface area is 248 Å². The summed E-state index contributed by atoms with van der Waals surface area (Å²) in [4.78, 5) is 4.48. The number of hydrogen-bond acceptors (Lipinski definition) is 8. The molecule has 1 aliphatic heterocycles. The van der Waals surface area contributed by atoms with Gasteiger partial charge >= 0.3 is 0 Å². The third-order valence-corrected chi connectivity index (χ3v) is 8.03. The number of unbranched alkanes of at least 4 members (excludes halogenated alkanes) is 4. The first-order valence-corrected chi connectivity index (χ1v) is 15.8. The predicted octanol–water partition coefficient (Wildman–Crippen LogP) is 7.55. The summed E-state index contributed by atoms with van der Waals surface area (Å²) in [6, 6.07) is 6.15. The standard InChI is InChI=1S/C32H44N4O4S/c1-6-26(14-13-24-15-17-39-23(24)2)33-16-11-9-7-8-10-12-25-18-27(37-3)19-30-28(25)20-31(40-30)29-21-36(22-34-29)35-32(38-4)41-5/h13-14,18-23,33H,6-12,15-17H2,1-5H3/b24-13-,26-14+,35-32-. The van der Waals surface area contributed by atoms with Gasteiger partial charge in [0, 0.05) is 23.7 Å². The number of nitrogens with zero attached hydrogens (tertiary/aromatic N) is 3. The third-order valence-electron chi connectivity index (χ3n) is 7.44. The summed E-state index contributed by atoms with van der Waals surface area (Å²) in [5.41, 5.74) is 5.47. The minimum absolute atomic E-state index is 0.257. The van der Waals surface area contributed by atoms with Crippen LogP contribution in [0.15, 0.2) is 63.7 Å². The lowest BCUT2D eigenvalue weighted by molar-refractivity contribution is 0.137. The van der Waals surface area contributed by atoms with Crippen molar-refractivity contribution in [2.75, 3.05) is 33.6 Å². The van der Waals surface area contributed by atoms with Crippen molar-refractivity contribution in [3.63, 3.8) is 0 Å². The van der Waals surface area contributed by atoms with Crippen LogP contribution in [0.5, 0.6) is 5.75 Å². The number of thioether (sulfide) groups is 1. The van der Waals surface area contributed by atoms with Crippen molar-refractivity contribution in [3.8, 4) is 17.2 Å². The van der Waals surface area contributed by atoms with Crippen molar-refractivity contribution in [1.29, 1.82) is 0 Å². The number of allylic oxidation sites excluding steroid dienone is 3. The van der Waals surface area contributed by atoms with Gasteiger partial charge in [-0.05, 0) is 74.6 Å². The molecular formula is C32H44N4O4S. The van der Waals surface area contributed by atoms with Crippen LogP contribution >= 0.6 is 11.8 Å². The molecule has 0 bridgehead atoms. The summed E-state index contributed by atoms with van der Waals surface area (Å²) in [6.07, 6.45) is 19.1. The SMILES string of the molecule is CC/C(=C\C=C1\CCOC1C)NCCCCCCCc1cc(OC)cc2oc(-c3cn(/N=C(/OC)SC)cn3)cc12. The van der Waals surface area contributed by atoms with E-state index in [4.69, 9.17) is 18.6 Å². The van der Waals surface area contributed by atoms with Gasteiger partial charge in [-0.3, -0.25) is 0 Å². The summed E-state index contributed by atoms with van der Waals surface area (Å²) in [6.45, 7) is 6.20. The molecule has 0 aliphatic carbocycles. The van der Waals surface area contributed by atoms with Crippen LogP contribution in [-0.2, 0) is 15.9 Å². The highest BCUT2D eigenvalue weighted by Crippen LogP contribution is 2.33. The van der Waals surface area contributed by atoms with E-state index in [1.807, 2.05) is 18.5 Å². The van der Waals surface area contributed by atoms with Crippen molar-refractivity contribution in [2.24, 2.45) is 5.10 Å². The number of fused-ring (bicyclic) bond motifs is 1. The molecule has 0 saturated carbocycles. The molecule has 1 N–H and O–H groups in total. The van der Waals surface area contributed by atoms with E-state index in [0.717, 1.165) is 61.2 Å². The Morgan fingerprint density at radius 2 is 2.02 bits per heavy atom. The molecule has 1 saturated heterocycles. The number of aryl methyl sites for hydroxylation is 1. The van der Waals surface area contributed by atoms with Crippen LogP contribution in [0.1, 0.15) is 64.4 Å². The molecule has 1 unspecified atom stereocenters. The Morgan fingerprint density at radius 1 is 1.20 bits per heavy atom. The Balaban J connectivity index is 1.27. The van der Waals surface area contributed by atoms with Crippen LogP contribution < -0.4 is 10.1 Å². The lowest BCUT2D eigenvalue weighted by atomic mass is 10.0. The highest BCUT2D eigenvalue weighted by Gasteiger charge is 2.16. The van der Waals surface area contributed by atoms with Gasteiger partial charge in [0.1, 0.15) is 23.4 Å². The van der Waals surface area contributed by atoms with Gasteiger partial charge in [0.15, 0.2) is 5.76 Å². The molecule has 0 amide bonds. The number of hydrogen-bond donors (Lipinski definition) is 1. The topological polar surface area (TPSA) is 83.0 Å². The third kappa shape index (κ3) is 8.66. The molecule has 2 aromatic heterocycles. The molecule has 222 valence electrons. The maximum atomic E-state index is 6.20. The first-order chi connectivity index (χ1) is 20.0. The number of ether oxygens (including phenoxy) is 3. The first kappa shape index (κ1) is 30.8. The number of nitrogens with one attached hydrogen (secondary N) is 1. The zero-order valence-electron chi connectivity index (χ0n) is 25.1. The predicted molar refractivity (Wildman–Crippen MR) is 169 cm³/mol. The number of methoxy groups -OCH3 is 2. The van der Waals surface area contributed by atoms with Crippen LogP contribution in [0.3, 0.4) is 0 Å². The summed E-state index contributed by atoms with van der Waals surface area (Å²) in [5.74, 6) is 1.52. The molecule has 8 nitrogen and oxygen atoms in total. The quantitative estimate of drug-likeness (QED) is 0.120. The van der Waals surface area contributed by atoms with E-state index in [0.29, 0.717) is 11.0 Å². The van der Waals surface area contributed by atoms with E-state index in [9.17, 15) is 0 Å². The number of aromatic nitrogens is 2. The zero-order chi connectivity index (χ0) is 29.0. The molecule has 9 heteroatoms. The number of rotatable bonds is 14. The van der Waals surface area contributed by atoms with Crippen molar-refractivity contribution < 1.29 is 18.6 Å². The fourth-order valence-corrected chi connectivity index (χ4v) is 5.34. The molecule has 3 aromatic rings. The van der Waals surface area contributed by atoms with Gasteiger partial charge < -0.3 is 23.9 Å². The zero-order valence-corrected chi connectivity index (χ0v) is 25.9. The van der Waals surface area contributed by atoms with Crippen LogP contribution in [0.25, 0.3) is 22.4 Å². The van der Waals surface area contributed by atoms with Gasteiger partial charge in [0.2, 0.25) is 0 Å². The monoisotopic (exact) mass is 580 g/mol. The van der Waals surface area contributed by atoms with Crippen LogP contribution in [-0.4, -0.2) is 54.6 Å². The van der Waals surface area contributed by atoms with E-state index < -0.39 is 0 Å². The van der Waals surface area contributed by atoms with Crippen molar-refractivity contribution >= 4 is 28.0 Å². The van der Waals surface area contributed by atoms with Gasteiger partial charge in [-0.25, -0.2) is 9.66 Å². The Bertz CT molecular complexity index is 1350. The van der Waals surface area contributed by atoms with E-state index in [2.05, 4.69) is 53.5 Å². The van der Waals surface area contributed by atoms with Crippen molar-refractivity contribution in [1.82, 2.24) is 15.0 Å². The van der Waals surface area contributed by atoms with Crippen LogP contribution in [0.4, 0.5) is 0 Å². The second kappa shape index (κ2) is 15.7. The van der Waals surface area contributed by atoms with E-state index in [-0.39, 0.29) is 6.10 Å². The summed E-state index contributed by atoms with van der Waals surface area (Å²) in [7, 11) is 3.30. The Hall–Kier alpha value is -3.17. The number of furan rings is 1. The minimum Gasteiger partial charge on any atom is -0.497 e. The van der Waals surface area contributed by atoms with Crippen LogP contribution in [0, 0.1) is 0 Å². The minimum atomic E-state index is 0.257. The molecule has 1 fully saturated rings. The largest absolute Gasteiger partial charge is 0.497 e. The Kier molecular flexibility index (Phi) is 11.8. The average Bonchev–Trinajstić information content (AvgIpc) is 3.74. The smallest absolute Gasteiger partial charge is 0.267 e. The van der Waals surface area contributed by atoms with Gasteiger partial charge in [0.25, 0.3) is 5.23 Å². The highest BCUT2D eigenvalue weighted by molar-refractivity contribution is 8.12. The molecular weight excluding hydrogens is 536 g/mol. The summed E-state index contributed by atoms with van der Waals surface area (Å²) in [5, 5.41) is 9.68. The van der Waals surface area contributed by atoms with Gasteiger partial charge in [-0.15, -0.1) is 5.10 Å². The lowest BCUT2D eigenvalue weighted by Gasteiger charge is -2.09. The van der Waals surface area contributed by atoms with E-state index in [1.165, 1.54) is 54.3 Å². The maximum Gasteiger partial charge on any atom is 0.267 e.